The van der Waals surface area contributed by atoms with Gasteiger partial charge in [-0.25, -0.2) is 18.2 Å². The van der Waals surface area contributed by atoms with Gasteiger partial charge in [-0.2, -0.15) is 0 Å². The number of anilines is 1. The SMILES string of the molecule is O=C(c1ccnc(Cl)c1)N1CC2(CCN(CC=Cc3c(F)cccc3F)CC2)c2cc(F)ccc21. The number of carbonyl (C=O) groups is 1. The summed E-state index contributed by atoms with van der Waals surface area (Å²) in [5.74, 6) is -1.72. The maximum atomic E-state index is 14.3. The Morgan fingerprint density at radius 1 is 1.06 bits per heavy atom. The van der Waals surface area contributed by atoms with E-state index in [2.05, 4.69) is 9.88 Å². The van der Waals surface area contributed by atoms with Crippen molar-refractivity contribution in [3.8, 4) is 0 Å². The molecule has 3 aromatic rings. The number of piperidine rings is 1. The first-order chi connectivity index (χ1) is 16.9. The van der Waals surface area contributed by atoms with Gasteiger partial charge in [-0.1, -0.05) is 29.8 Å². The summed E-state index contributed by atoms with van der Waals surface area (Å²) in [5.41, 5.74) is 1.58. The fourth-order valence-corrected chi connectivity index (χ4v) is 5.27. The fourth-order valence-electron chi connectivity index (χ4n) is 5.09. The molecule has 1 fully saturated rings. The predicted molar refractivity (Wildman–Crippen MR) is 130 cm³/mol. The molecule has 0 N–H and O–H groups in total. The van der Waals surface area contributed by atoms with Gasteiger partial charge >= 0.3 is 0 Å². The number of halogens is 4. The van der Waals surface area contributed by atoms with E-state index in [-0.39, 0.29) is 27.9 Å². The lowest BCUT2D eigenvalue weighted by Crippen LogP contribution is -2.46. The van der Waals surface area contributed by atoms with E-state index in [9.17, 15) is 18.0 Å². The van der Waals surface area contributed by atoms with Crippen LogP contribution in [0.3, 0.4) is 0 Å². The Morgan fingerprint density at radius 2 is 1.80 bits per heavy atom. The number of amides is 1. The molecule has 0 aliphatic carbocycles. The highest BCUT2D eigenvalue weighted by Crippen LogP contribution is 2.47. The Balaban J connectivity index is 1.32. The van der Waals surface area contributed by atoms with Gasteiger partial charge in [0.15, 0.2) is 0 Å². The average Bonchev–Trinajstić information content (AvgIpc) is 3.15. The third-order valence-corrected chi connectivity index (χ3v) is 7.17. The quantitative estimate of drug-likeness (QED) is 0.424. The third-order valence-electron chi connectivity index (χ3n) is 6.96. The van der Waals surface area contributed by atoms with E-state index in [1.165, 1.54) is 42.6 Å². The second-order valence-electron chi connectivity index (χ2n) is 9.04. The molecular formula is C27H23ClF3N3O. The zero-order valence-electron chi connectivity index (χ0n) is 18.9. The van der Waals surface area contributed by atoms with E-state index in [0.717, 1.165) is 18.4 Å². The molecule has 35 heavy (non-hydrogen) atoms. The Labute approximate surface area is 206 Å². The van der Waals surface area contributed by atoms with Crippen LogP contribution in [0.1, 0.15) is 34.3 Å². The van der Waals surface area contributed by atoms with Gasteiger partial charge in [-0.15, -0.1) is 0 Å². The first kappa shape index (κ1) is 23.6. The van der Waals surface area contributed by atoms with Crippen molar-refractivity contribution in [2.75, 3.05) is 31.1 Å². The molecule has 5 rings (SSSR count). The van der Waals surface area contributed by atoms with Gasteiger partial charge in [-0.05, 0) is 74.0 Å². The summed E-state index contributed by atoms with van der Waals surface area (Å²) >= 11 is 5.99. The molecule has 2 aliphatic heterocycles. The Bertz CT molecular complexity index is 1280. The van der Waals surface area contributed by atoms with Gasteiger partial charge in [0.2, 0.25) is 0 Å². The maximum absolute atomic E-state index is 14.3. The number of carbonyl (C=O) groups excluding carboxylic acids is 1. The summed E-state index contributed by atoms with van der Waals surface area (Å²) in [6, 6.07) is 11.5. The van der Waals surface area contributed by atoms with Crippen LogP contribution in [0.2, 0.25) is 5.15 Å². The highest BCUT2D eigenvalue weighted by atomic mass is 35.5. The normalized spacial score (nSPS) is 17.3. The lowest BCUT2D eigenvalue weighted by atomic mass is 9.74. The number of fused-ring (bicyclic) bond motifs is 2. The van der Waals surface area contributed by atoms with E-state index in [0.29, 0.717) is 37.4 Å². The lowest BCUT2D eigenvalue weighted by Gasteiger charge is -2.39. The molecule has 8 heteroatoms. The van der Waals surface area contributed by atoms with Crippen molar-refractivity contribution in [3.05, 3.63) is 100 Å². The molecule has 0 unspecified atom stereocenters. The Hall–Kier alpha value is -3.16. The number of benzene rings is 2. The van der Waals surface area contributed by atoms with Crippen LogP contribution >= 0.6 is 11.6 Å². The molecule has 1 saturated heterocycles. The van der Waals surface area contributed by atoms with Gasteiger partial charge in [-0.3, -0.25) is 9.69 Å². The highest BCUT2D eigenvalue weighted by molar-refractivity contribution is 6.29. The number of aromatic nitrogens is 1. The number of hydrogen-bond acceptors (Lipinski definition) is 3. The molecule has 4 nitrogen and oxygen atoms in total. The first-order valence-corrected chi connectivity index (χ1v) is 11.8. The van der Waals surface area contributed by atoms with Crippen molar-refractivity contribution < 1.29 is 18.0 Å². The minimum atomic E-state index is -0.594. The van der Waals surface area contributed by atoms with Crippen molar-refractivity contribution in [1.82, 2.24) is 9.88 Å². The van der Waals surface area contributed by atoms with Gasteiger partial charge in [0.05, 0.1) is 0 Å². The summed E-state index contributed by atoms with van der Waals surface area (Å²) in [6.45, 7) is 2.42. The number of nitrogens with zero attached hydrogens (tertiary/aromatic N) is 3. The molecule has 1 spiro atoms. The molecule has 1 aromatic heterocycles. The molecule has 0 saturated carbocycles. The highest BCUT2D eigenvalue weighted by Gasteiger charge is 2.46. The average molecular weight is 498 g/mol. The van der Waals surface area contributed by atoms with Gasteiger partial charge in [0.25, 0.3) is 5.91 Å². The Kier molecular flexibility index (Phi) is 6.38. The number of hydrogen-bond donors (Lipinski definition) is 0. The van der Waals surface area contributed by atoms with Gasteiger partial charge in [0.1, 0.15) is 22.6 Å². The molecule has 2 aromatic carbocycles. The van der Waals surface area contributed by atoms with Crippen LogP contribution in [0.15, 0.2) is 60.8 Å². The van der Waals surface area contributed by atoms with Gasteiger partial charge in [0, 0.05) is 41.5 Å². The summed E-state index contributed by atoms with van der Waals surface area (Å²) in [4.78, 5) is 21.2. The maximum Gasteiger partial charge on any atom is 0.258 e. The van der Waals surface area contributed by atoms with Crippen molar-refractivity contribution in [3.63, 3.8) is 0 Å². The number of rotatable bonds is 4. The van der Waals surface area contributed by atoms with E-state index in [1.54, 1.807) is 29.2 Å². The van der Waals surface area contributed by atoms with E-state index in [1.807, 2.05) is 0 Å². The number of pyridine rings is 1. The van der Waals surface area contributed by atoms with Gasteiger partial charge < -0.3 is 4.90 Å². The van der Waals surface area contributed by atoms with Crippen molar-refractivity contribution in [2.45, 2.75) is 18.3 Å². The van der Waals surface area contributed by atoms with Crippen LogP contribution in [0, 0.1) is 17.5 Å². The zero-order valence-corrected chi connectivity index (χ0v) is 19.6. The summed E-state index contributed by atoms with van der Waals surface area (Å²) in [5, 5.41) is 0.237. The topological polar surface area (TPSA) is 36.4 Å². The molecule has 0 bridgehead atoms. The van der Waals surface area contributed by atoms with Crippen LogP contribution in [0.4, 0.5) is 18.9 Å². The van der Waals surface area contributed by atoms with Crippen LogP contribution in [0.25, 0.3) is 6.08 Å². The lowest BCUT2D eigenvalue weighted by molar-refractivity contribution is 0.0977. The van der Waals surface area contributed by atoms with E-state index >= 15 is 0 Å². The second-order valence-corrected chi connectivity index (χ2v) is 9.43. The smallest absolute Gasteiger partial charge is 0.258 e. The third kappa shape index (κ3) is 4.58. The summed E-state index contributed by atoms with van der Waals surface area (Å²) in [7, 11) is 0. The molecule has 2 aliphatic rings. The van der Waals surface area contributed by atoms with E-state index in [4.69, 9.17) is 11.6 Å². The predicted octanol–water partition coefficient (Wildman–Crippen LogP) is 5.86. The summed E-state index contributed by atoms with van der Waals surface area (Å²) < 4.78 is 42.0. The monoisotopic (exact) mass is 497 g/mol. The van der Waals surface area contributed by atoms with Crippen LogP contribution < -0.4 is 4.90 Å². The van der Waals surface area contributed by atoms with Crippen molar-refractivity contribution in [1.29, 1.82) is 0 Å². The molecule has 0 atom stereocenters. The van der Waals surface area contributed by atoms with Crippen LogP contribution in [-0.2, 0) is 5.41 Å². The first-order valence-electron chi connectivity index (χ1n) is 11.4. The molecule has 1 amide bonds. The largest absolute Gasteiger partial charge is 0.307 e. The minimum absolute atomic E-state index is 0.0495. The van der Waals surface area contributed by atoms with Crippen LogP contribution in [-0.4, -0.2) is 42.0 Å². The van der Waals surface area contributed by atoms with E-state index < -0.39 is 11.6 Å². The Morgan fingerprint density at radius 3 is 2.51 bits per heavy atom. The fraction of sp³-hybridized carbons (Fsp3) is 0.259. The molecular weight excluding hydrogens is 475 g/mol. The minimum Gasteiger partial charge on any atom is -0.307 e. The van der Waals surface area contributed by atoms with Crippen LogP contribution in [0.5, 0.6) is 0 Å². The molecule has 180 valence electrons. The standard InChI is InChI=1S/C27H23ClF3N3O/c28-25-15-18(8-11-32-25)26(35)34-17-27(21-16-19(29)6-7-24(21)34)9-13-33(14-10-27)12-2-3-20-22(30)4-1-5-23(20)31/h1-8,11,15-16H,9-10,12-14,17H2. The molecule has 0 radical (unpaired) electrons. The van der Waals surface area contributed by atoms with Crippen molar-refractivity contribution >= 4 is 29.3 Å². The second kappa shape index (κ2) is 9.47. The summed E-state index contributed by atoms with van der Waals surface area (Å²) in [6.07, 6.45) is 6.17. The zero-order chi connectivity index (χ0) is 24.6. The van der Waals surface area contributed by atoms with Crippen molar-refractivity contribution in [2.24, 2.45) is 0 Å². The molecule has 3 heterocycles. The number of likely N-dealkylation sites (tertiary alicyclic amines) is 1.